The Morgan fingerprint density at radius 2 is 2.04 bits per heavy atom. The molecule has 4 aromatic rings. The average Bonchev–Trinajstić information content (AvgIpc) is 3.40. The van der Waals surface area contributed by atoms with Crippen LogP contribution < -0.4 is 0 Å². The van der Waals surface area contributed by atoms with Gasteiger partial charge in [0.25, 0.3) is 5.89 Å². The van der Waals surface area contributed by atoms with Crippen molar-refractivity contribution in [2.45, 2.75) is 45.7 Å². The molecular weight excluding hydrogens is 372 g/mol. The third kappa shape index (κ3) is 3.25. The SMILES string of the molecule is Cc1cc(-c2nnc(CN3CCCC[C@H]3c3nc4ccccc4s3)o2)c(C)o1. The summed E-state index contributed by atoms with van der Waals surface area (Å²) in [5.41, 5.74) is 1.96. The highest BCUT2D eigenvalue weighted by Crippen LogP contribution is 2.36. The molecule has 6 nitrogen and oxygen atoms in total. The third-order valence-corrected chi connectivity index (χ3v) is 6.42. The molecule has 4 heterocycles. The molecule has 0 amide bonds. The summed E-state index contributed by atoms with van der Waals surface area (Å²) in [7, 11) is 0. The molecule has 28 heavy (non-hydrogen) atoms. The minimum atomic E-state index is 0.305. The standard InChI is InChI=1S/C21H22N4O2S/c1-13-11-15(14(2)26-13)20-24-23-19(27-20)12-25-10-6-5-8-17(25)21-22-16-7-3-4-9-18(16)28-21/h3-4,7,9,11,17H,5-6,8,10,12H2,1-2H3/t17-/m0/s1. The third-order valence-electron chi connectivity index (χ3n) is 5.29. The van der Waals surface area contributed by atoms with Crippen LogP contribution in [0.15, 0.2) is 39.2 Å². The van der Waals surface area contributed by atoms with Crippen molar-refractivity contribution in [3.63, 3.8) is 0 Å². The van der Waals surface area contributed by atoms with Crippen molar-refractivity contribution in [1.29, 1.82) is 0 Å². The monoisotopic (exact) mass is 394 g/mol. The van der Waals surface area contributed by atoms with Gasteiger partial charge in [0.2, 0.25) is 5.89 Å². The van der Waals surface area contributed by atoms with E-state index < -0.39 is 0 Å². The first-order chi connectivity index (χ1) is 13.7. The van der Waals surface area contributed by atoms with E-state index in [-0.39, 0.29) is 0 Å². The molecule has 1 fully saturated rings. The van der Waals surface area contributed by atoms with Gasteiger partial charge in [0.1, 0.15) is 16.5 Å². The lowest BCUT2D eigenvalue weighted by Gasteiger charge is -2.33. The van der Waals surface area contributed by atoms with E-state index in [1.165, 1.54) is 22.5 Å². The first-order valence-corrected chi connectivity index (χ1v) is 10.5. The number of likely N-dealkylation sites (tertiary alicyclic amines) is 1. The van der Waals surface area contributed by atoms with Gasteiger partial charge in [-0.1, -0.05) is 18.6 Å². The second kappa shape index (κ2) is 7.14. The molecule has 1 aromatic carbocycles. The maximum Gasteiger partial charge on any atom is 0.251 e. The zero-order valence-electron chi connectivity index (χ0n) is 16.0. The molecule has 0 aliphatic carbocycles. The number of aryl methyl sites for hydroxylation is 2. The number of piperidine rings is 1. The van der Waals surface area contributed by atoms with Crippen LogP contribution in [0.1, 0.15) is 47.7 Å². The first kappa shape index (κ1) is 17.6. The smallest absolute Gasteiger partial charge is 0.251 e. The summed E-state index contributed by atoms with van der Waals surface area (Å²) >= 11 is 1.79. The normalized spacial score (nSPS) is 18.1. The van der Waals surface area contributed by atoms with Crippen molar-refractivity contribution in [1.82, 2.24) is 20.1 Å². The first-order valence-electron chi connectivity index (χ1n) is 9.67. The summed E-state index contributed by atoms with van der Waals surface area (Å²) in [6.07, 6.45) is 3.52. The molecule has 0 saturated carbocycles. The van der Waals surface area contributed by atoms with Crippen molar-refractivity contribution in [3.05, 3.63) is 52.8 Å². The van der Waals surface area contributed by atoms with Gasteiger partial charge in [0.15, 0.2) is 0 Å². The van der Waals surface area contributed by atoms with Gasteiger partial charge in [-0.3, -0.25) is 4.90 Å². The molecule has 1 saturated heterocycles. The van der Waals surface area contributed by atoms with E-state index in [1.54, 1.807) is 11.3 Å². The van der Waals surface area contributed by atoms with Gasteiger partial charge in [0, 0.05) is 0 Å². The molecular formula is C21H22N4O2S. The summed E-state index contributed by atoms with van der Waals surface area (Å²) in [6, 6.07) is 10.6. The fourth-order valence-corrected chi connectivity index (χ4v) is 5.07. The molecule has 0 bridgehead atoms. The van der Waals surface area contributed by atoms with Crippen LogP contribution in [0.4, 0.5) is 0 Å². The lowest BCUT2D eigenvalue weighted by molar-refractivity contribution is 0.128. The fraction of sp³-hybridized carbons (Fsp3) is 0.381. The lowest BCUT2D eigenvalue weighted by atomic mass is 10.0. The molecule has 144 valence electrons. The van der Waals surface area contributed by atoms with Gasteiger partial charge in [-0.2, -0.15) is 0 Å². The highest BCUT2D eigenvalue weighted by molar-refractivity contribution is 7.18. The Hall–Kier alpha value is -2.51. The number of para-hydroxylation sites is 1. The van der Waals surface area contributed by atoms with Gasteiger partial charge < -0.3 is 8.83 Å². The second-order valence-corrected chi connectivity index (χ2v) is 8.39. The van der Waals surface area contributed by atoms with Crippen molar-refractivity contribution < 1.29 is 8.83 Å². The van der Waals surface area contributed by atoms with E-state index in [0.29, 0.717) is 24.4 Å². The number of hydrogen-bond donors (Lipinski definition) is 0. The number of benzene rings is 1. The van der Waals surface area contributed by atoms with Crippen LogP contribution in [0, 0.1) is 13.8 Å². The fourth-order valence-electron chi connectivity index (χ4n) is 3.94. The van der Waals surface area contributed by atoms with Crippen LogP contribution in [0.5, 0.6) is 0 Å². The van der Waals surface area contributed by atoms with Crippen LogP contribution in [0.3, 0.4) is 0 Å². The molecule has 1 atom stereocenters. The van der Waals surface area contributed by atoms with Crippen LogP contribution >= 0.6 is 11.3 Å². The number of nitrogens with zero attached hydrogens (tertiary/aromatic N) is 4. The van der Waals surface area contributed by atoms with Crippen molar-refractivity contribution in [3.8, 4) is 11.5 Å². The van der Waals surface area contributed by atoms with E-state index in [1.807, 2.05) is 26.0 Å². The molecule has 7 heteroatoms. The molecule has 0 radical (unpaired) electrons. The zero-order chi connectivity index (χ0) is 19.1. The van der Waals surface area contributed by atoms with Gasteiger partial charge in [0.05, 0.1) is 28.4 Å². The predicted octanol–water partition coefficient (Wildman–Crippen LogP) is 5.28. The van der Waals surface area contributed by atoms with Gasteiger partial charge in [-0.05, 0) is 51.4 Å². The summed E-state index contributed by atoms with van der Waals surface area (Å²) in [5.74, 6) is 2.82. The van der Waals surface area contributed by atoms with Crippen LogP contribution in [-0.2, 0) is 6.54 Å². The topological polar surface area (TPSA) is 68.2 Å². The van der Waals surface area contributed by atoms with Gasteiger partial charge >= 0.3 is 0 Å². The van der Waals surface area contributed by atoms with E-state index in [0.717, 1.165) is 35.6 Å². The Labute approximate surface area is 167 Å². The summed E-state index contributed by atoms with van der Waals surface area (Å²) in [4.78, 5) is 7.32. The Bertz CT molecular complexity index is 1080. The van der Waals surface area contributed by atoms with E-state index in [4.69, 9.17) is 13.8 Å². The van der Waals surface area contributed by atoms with E-state index in [2.05, 4.69) is 33.3 Å². The summed E-state index contributed by atoms with van der Waals surface area (Å²) in [6.45, 7) is 5.50. The highest BCUT2D eigenvalue weighted by Gasteiger charge is 2.28. The molecule has 0 spiro atoms. The highest BCUT2D eigenvalue weighted by atomic mass is 32.1. The molecule has 1 aliphatic rings. The van der Waals surface area contributed by atoms with Crippen LogP contribution in [0.25, 0.3) is 21.7 Å². The molecule has 0 N–H and O–H groups in total. The number of furan rings is 1. The Morgan fingerprint density at radius 1 is 1.14 bits per heavy atom. The van der Waals surface area contributed by atoms with Crippen molar-refractivity contribution >= 4 is 21.6 Å². The number of aromatic nitrogens is 3. The van der Waals surface area contributed by atoms with E-state index in [9.17, 15) is 0 Å². The maximum absolute atomic E-state index is 5.97. The number of fused-ring (bicyclic) bond motifs is 1. The Kier molecular flexibility index (Phi) is 4.49. The van der Waals surface area contributed by atoms with Crippen molar-refractivity contribution in [2.24, 2.45) is 0 Å². The molecule has 1 aliphatic heterocycles. The number of rotatable bonds is 4. The van der Waals surface area contributed by atoms with Crippen molar-refractivity contribution in [2.75, 3.05) is 6.54 Å². The molecule has 0 unspecified atom stereocenters. The minimum Gasteiger partial charge on any atom is -0.466 e. The van der Waals surface area contributed by atoms with Crippen LogP contribution in [-0.4, -0.2) is 26.6 Å². The van der Waals surface area contributed by atoms with Gasteiger partial charge in [-0.25, -0.2) is 4.98 Å². The van der Waals surface area contributed by atoms with Crippen LogP contribution in [0.2, 0.25) is 0 Å². The Balaban J connectivity index is 1.39. The number of hydrogen-bond acceptors (Lipinski definition) is 7. The second-order valence-electron chi connectivity index (χ2n) is 7.33. The summed E-state index contributed by atoms with van der Waals surface area (Å²) < 4.78 is 12.8. The lowest BCUT2D eigenvalue weighted by Crippen LogP contribution is -2.33. The maximum atomic E-state index is 5.97. The average molecular weight is 395 g/mol. The Morgan fingerprint density at radius 3 is 2.86 bits per heavy atom. The predicted molar refractivity (Wildman–Crippen MR) is 108 cm³/mol. The van der Waals surface area contributed by atoms with E-state index >= 15 is 0 Å². The number of thiazole rings is 1. The minimum absolute atomic E-state index is 0.305. The van der Waals surface area contributed by atoms with Gasteiger partial charge in [-0.15, -0.1) is 21.5 Å². The summed E-state index contributed by atoms with van der Waals surface area (Å²) in [5, 5.41) is 9.72. The molecule has 3 aromatic heterocycles. The zero-order valence-corrected chi connectivity index (χ0v) is 16.8. The largest absolute Gasteiger partial charge is 0.466 e. The quantitative estimate of drug-likeness (QED) is 0.469. The molecule has 5 rings (SSSR count).